The maximum atomic E-state index is 14.0. The van der Waals surface area contributed by atoms with E-state index in [2.05, 4.69) is 9.72 Å². The number of pyridine rings is 1. The Morgan fingerprint density at radius 2 is 2.21 bits per heavy atom. The highest BCUT2D eigenvalue weighted by molar-refractivity contribution is 8.00. The van der Waals surface area contributed by atoms with Gasteiger partial charge in [0.15, 0.2) is 5.69 Å². The second kappa shape index (κ2) is 6.78. The zero-order valence-corrected chi connectivity index (χ0v) is 14.2. The average Bonchev–Trinajstić information content (AvgIpc) is 2.58. The molecular weight excluding hydrogens is 355 g/mol. The number of benzene rings is 1. The first-order chi connectivity index (χ1) is 11.5. The van der Waals surface area contributed by atoms with E-state index in [1.165, 1.54) is 42.0 Å². The van der Waals surface area contributed by atoms with E-state index in [4.69, 9.17) is 11.6 Å². The number of esters is 1. The first-order valence-electron chi connectivity index (χ1n) is 6.96. The molecule has 0 atom stereocenters. The number of nitrogens with zero attached hydrogens (tertiary/aromatic N) is 2. The molecule has 1 amide bonds. The predicted molar refractivity (Wildman–Crippen MR) is 88.9 cm³/mol. The number of fused-ring (bicyclic) bond motifs is 1. The number of hydrogen-bond donors (Lipinski definition) is 0. The Bertz CT molecular complexity index is 811. The van der Waals surface area contributed by atoms with Crippen molar-refractivity contribution in [2.24, 2.45) is 0 Å². The second-order valence-electron chi connectivity index (χ2n) is 4.98. The van der Waals surface area contributed by atoms with Crippen molar-refractivity contribution in [2.75, 3.05) is 17.8 Å². The molecule has 124 valence electrons. The van der Waals surface area contributed by atoms with Gasteiger partial charge in [0, 0.05) is 10.6 Å². The van der Waals surface area contributed by atoms with Crippen LogP contribution in [0.1, 0.15) is 16.1 Å². The van der Waals surface area contributed by atoms with Gasteiger partial charge in [-0.2, -0.15) is 0 Å². The first-order valence-corrected chi connectivity index (χ1v) is 8.33. The fourth-order valence-corrected chi connectivity index (χ4v) is 3.41. The molecule has 8 heteroatoms. The Hall–Kier alpha value is -2.12. The zero-order chi connectivity index (χ0) is 17.3. The lowest BCUT2D eigenvalue weighted by Gasteiger charge is -2.28. The van der Waals surface area contributed by atoms with Gasteiger partial charge in [-0.15, -0.1) is 11.8 Å². The van der Waals surface area contributed by atoms with Crippen molar-refractivity contribution in [3.8, 4) is 0 Å². The normalized spacial score (nSPS) is 13.6. The molecule has 0 bridgehead atoms. The van der Waals surface area contributed by atoms with E-state index < -0.39 is 11.8 Å². The maximum absolute atomic E-state index is 14.0. The summed E-state index contributed by atoms with van der Waals surface area (Å²) < 4.78 is 18.7. The monoisotopic (exact) mass is 366 g/mol. The molecule has 0 saturated carbocycles. The van der Waals surface area contributed by atoms with Gasteiger partial charge in [-0.25, -0.2) is 14.2 Å². The molecule has 0 spiro atoms. The van der Waals surface area contributed by atoms with E-state index in [-0.39, 0.29) is 34.5 Å². The van der Waals surface area contributed by atoms with Gasteiger partial charge in [0.2, 0.25) is 5.91 Å². The average molecular weight is 367 g/mol. The molecule has 3 rings (SSSR count). The fourth-order valence-electron chi connectivity index (χ4n) is 2.30. The second-order valence-corrected chi connectivity index (χ2v) is 6.40. The standard InChI is InChI=1S/C16H12ClFN2O3S/c1-23-16(22)12-5-6-13-15(19-12)20(14(21)8-24-13)7-9-10(17)3-2-4-11(9)18/h2-6H,7-8H2,1H3. The van der Waals surface area contributed by atoms with E-state index in [0.717, 1.165) is 4.90 Å². The number of halogens is 2. The molecular formula is C16H12ClFN2O3S. The molecule has 0 unspecified atom stereocenters. The van der Waals surface area contributed by atoms with Gasteiger partial charge in [-0.05, 0) is 24.3 Å². The minimum Gasteiger partial charge on any atom is -0.464 e. The third-order valence-corrected chi connectivity index (χ3v) is 4.89. The van der Waals surface area contributed by atoms with E-state index in [1.807, 2.05) is 0 Å². The number of carbonyl (C=O) groups excluding carboxylic acids is 2. The lowest BCUT2D eigenvalue weighted by atomic mass is 10.2. The number of ether oxygens (including phenoxy) is 1. The Kier molecular flexibility index (Phi) is 4.73. The van der Waals surface area contributed by atoms with Gasteiger partial charge >= 0.3 is 5.97 Å². The number of thioether (sulfide) groups is 1. The molecule has 24 heavy (non-hydrogen) atoms. The van der Waals surface area contributed by atoms with E-state index in [0.29, 0.717) is 5.82 Å². The quantitative estimate of drug-likeness (QED) is 0.780. The molecule has 2 aromatic rings. The molecule has 0 saturated heterocycles. The summed E-state index contributed by atoms with van der Waals surface area (Å²) in [5.41, 5.74) is 0.284. The number of amides is 1. The van der Waals surface area contributed by atoms with Crippen molar-refractivity contribution in [1.29, 1.82) is 0 Å². The van der Waals surface area contributed by atoms with Crippen LogP contribution in [0.5, 0.6) is 0 Å². The topological polar surface area (TPSA) is 59.5 Å². The van der Waals surface area contributed by atoms with Crippen molar-refractivity contribution in [3.05, 3.63) is 52.4 Å². The maximum Gasteiger partial charge on any atom is 0.356 e. The Morgan fingerprint density at radius 3 is 2.92 bits per heavy atom. The molecule has 0 fully saturated rings. The predicted octanol–water partition coefficient (Wildman–Crippen LogP) is 3.30. The van der Waals surface area contributed by atoms with Crippen LogP contribution < -0.4 is 4.90 Å². The molecule has 0 N–H and O–H groups in total. The Labute approximate surface area is 146 Å². The molecule has 1 aromatic heterocycles. The van der Waals surface area contributed by atoms with Crippen LogP contribution in [0.4, 0.5) is 10.2 Å². The van der Waals surface area contributed by atoms with Crippen molar-refractivity contribution in [3.63, 3.8) is 0 Å². The van der Waals surface area contributed by atoms with Crippen molar-refractivity contribution < 1.29 is 18.7 Å². The van der Waals surface area contributed by atoms with Crippen molar-refractivity contribution >= 4 is 41.1 Å². The van der Waals surface area contributed by atoms with Crippen LogP contribution in [0.15, 0.2) is 35.2 Å². The SMILES string of the molecule is COC(=O)c1ccc2c(n1)N(Cc1c(F)cccc1Cl)C(=O)CS2. The van der Waals surface area contributed by atoms with E-state index >= 15 is 0 Å². The highest BCUT2D eigenvalue weighted by Crippen LogP contribution is 2.35. The first kappa shape index (κ1) is 16.7. The molecule has 1 aliphatic rings. The molecule has 1 aliphatic heterocycles. The van der Waals surface area contributed by atoms with Crippen molar-refractivity contribution in [1.82, 2.24) is 4.98 Å². The summed E-state index contributed by atoms with van der Waals surface area (Å²) in [5, 5.41) is 0.228. The number of carbonyl (C=O) groups is 2. The van der Waals surface area contributed by atoms with Gasteiger partial charge in [0.25, 0.3) is 0 Å². The number of methoxy groups -OCH3 is 1. The summed E-state index contributed by atoms with van der Waals surface area (Å²) in [6.45, 7) is -0.0600. The van der Waals surface area contributed by atoms with Gasteiger partial charge in [0.1, 0.15) is 11.6 Å². The number of aromatic nitrogens is 1. The van der Waals surface area contributed by atoms with Crippen LogP contribution in [-0.2, 0) is 16.1 Å². The number of anilines is 1. The number of rotatable bonds is 3. The molecule has 0 aliphatic carbocycles. The lowest BCUT2D eigenvalue weighted by Crippen LogP contribution is -2.36. The largest absolute Gasteiger partial charge is 0.464 e. The zero-order valence-electron chi connectivity index (χ0n) is 12.6. The van der Waals surface area contributed by atoms with E-state index in [9.17, 15) is 14.0 Å². The minimum atomic E-state index is -0.607. The van der Waals surface area contributed by atoms with Crippen molar-refractivity contribution in [2.45, 2.75) is 11.4 Å². The van der Waals surface area contributed by atoms with Crippen LogP contribution >= 0.6 is 23.4 Å². The van der Waals surface area contributed by atoms with Crippen LogP contribution in [0, 0.1) is 5.82 Å². The van der Waals surface area contributed by atoms with Crippen LogP contribution in [0.25, 0.3) is 0 Å². The molecule has 5 nitrogen and oxygen atoms in total. The van der Waals surface area contributed by atoms with Gasteiger partial charge in [0.05, 0.1) is 24.3 Å². The summed E-state index contributed by atoms with van der Waals surface area (Å²) in [6.07, 6.45) is 0. The molecule has 1 aromatic carbocycles. The third-order valence-electron chi connectivity index (χ3n) is 3.52. The van der Waals surface area contributed by atoms with Crippen LogP contribution in [-0.4, -0.2) is 29.7 Å². The third kappa shape index (κ3) is 3.09. The lowest BCUT2D eigenvalue weighted by molar-refractivity contribution is -0.116. The highest BCUT2D eigenvalue weighted by Gasteiger charge is 2.28. The van der Waals surface area contributed by atoms with Gasteiger partial charge in [-0.1, -0.05) is 17.7 Å². The fraction of sp³-hybridized carbons (Fsp3) is 0.188. The van der Waals surface area contributed by atoms with Crippen LogP contribution in [0.2, 0.25) is 5.02 Å². The van der Waals surface area contributed by atoms with E-state index in [1.54, 1.807) is 12.1 Å². The summed E-state index contributed by atoms with van der Waals surface area (Å²) in [7, 11) is 1.25. The Morgan fingerprint density at radius 1 is 1.42 bits per heavy atom. The Balaban J connectivity index is 2.03. The van der Waals surface area contributed by atoms with Gasteiger partial charge in [-0.3, -0.25) is 9.69 Å². The molecule has 0 radical (unpaired) electrons. The summed E-state index contributed by atoms with van der Waals surface area (Å²) >= 11 is 7.36. The summed E-state index contributed by atoms with van der Waals surface area (Å²) in [6, 6.07) is 7.56. The highest BCUT2D eigenvalue weighted by atomic mass is 35.5. The molecule has 2 heterocycles. The summed E-state index contributed by atoms with van der Waals surface area (Å²) in [5.74, 6) is -0.832. The minimum absolute atomic E-state index is 0.0600. The van der Waals surface area contributed by atoms with Crippen LogP contribution in [0.3, 0.4) is 0 Å². The number of hydrogen-bond acceptors (Lipinski definition) is 5. The smallest absolute Gasteiger partial charge is 0.356 e. The summed E-state index contributed by atoms with van der Waals surface area (Å²) in [4.78, 5) is 30.3. The van der Waals surface area contributed by atoms with Gasteiger partial charge < -0.3 is 4.74 Å².